The normalized spacial score (nSPS) is 32.7. The van der Waals surface area contributed by atoms with Crippen LogP contribution in [0.2, 0.25) is 0 Å². The lowest BCUT2D eigenvalue weighted by atomic mass is 9.84. The number of piperazine rings is 1. The maximum absolute atomic E-state index is 12.7. The Balaban J connectivity index is 1.61. The van der Waals surface area contributed by atoms with Crippen LogP contribution in [0.25, 0.3) is 0 Å². The summed E-state index contributed by atoms with van der Waals surface area (Å²) in [4.78, 5) is 28.7. The summed E-state index contributed by atoms with van der Waals surface area (Å²) in [6.45, 7) is 4.77. The van der Waals surface area contributed by atoms with Crippen molar-refractivity contribution in [1.82, 2.24) is 15.1 Å². The average Bonchev–Trinajstić information content (AvgIpc) is 2.93. The second kappa shape index (κ2) is 6.96. The number of nitrogens with one attached hydrogen (secondary N) is 1. The molecule has 1 saturated carbocycles. The highest BCUT2D eigenvalue weighted by Gasteiger charge is 2.46. The molecule has 2 aliphatic heterocycles. The molecule has 0 aromatic rings. The zero-order valence-corrected chi connectivity index (χ0v) is 13.3. The summed E-state index contributed by atoms with van der Waals surface area (Å²) in [5.74, 6) is 0.274. The van der Waals surface area contributed by atoms with E-state index in [4.69, 9.17) is 5.73 Å². The van der Waals surface area contributed by atoms with Crippen LogP contribution in [0.3, 0.4) is 0 Å². The average molecular weight is 308 g/mol. The van der Waals surface area contributed by atoms with Crippen LogP contribution in [-0.4, -0.2) is 66.4 Å². The Morgan fingerprint density at radius 3 is 2.59 bits per heavy atom. The van der Waals surface area contributed by atoms with E-state index in [0.717, 1.165) is 58.4 Å². The van der Waals surface area contributed by atoms with E-state index in [1.165, 1.54) is 6.42 Å². The van der Waals surface area contributed by atoms with Gasteiger partial charge < -0.3 is 20.9 Å². The minimum Gasteiger partial charge on any atom is -0.368 e. The van der Waals surface area contributed by atoms with Crippen LogP contribution in [0.4, 0.5) is 0 Å². The first kappa shape index (κ1) is 15.7. The van der Waals surface area contributed by atoms with Crippen molar-refractivity contribution in [3.8, 4) is 0 Å². The molecule has 2 amide bonds. The molecule has 3 unspecified atom stereocenters. The summed E-state index contributed by atoms with van der Waals surface area (Å²) < 4.78 is 0. The Labute approximate surface area is 132 Å². The first-order chi connectivity index (χ1) is 10.7. The number of carbonyl (C=O) groups excluding carboxylic acids is 2. The van der Waals surface area contributed by atoms with Gasteiger partial charge in [0.25, 0.3) is 0 Å². The highest BCUT2D eigenvalue weighted by molar-refractivity contribution is 5.87. The van der Waals surface area contributed by atoms with Crippen molar-refractivity contribution in [3.05, 3.63) is 0 Å². The molecule has 0 aromatic heterocycles. The van der Waals surface area contributed by atoms with Crippen LogP contribution >= 0.6 is 0 Å². The number of amides is 2. The van der Waals surface area contributed by atoms with Gasteiger partial charge in [0.2, 0.25) is 11.8 Å². The van der Waals surface area contributed by atoms with E-state index >= 15 is 0 Å². The summed E-state index contributed by atoms with van der Waals surface area (Å²) in [6, 6.07) is -0.120. The Morgan fingerprint density at radius 1 is 1.14 bits per heavy atom. The van der Waals surface area contributed by atoms with Crippen LogP contribution in [0, 0.1) is 5.92 Å². The molecule has 0 spiro atoms. The zero-order chi connectivity index (χ0) is 15.5. The second-order valence-electron chi connectivity index (χ2n) is 6.91. The number of primary amides is 1. The predicted molar refractivity (Wildman–Crippen MR) is 84.1 cm³/mol. The summed E-state index contributed by atoms with van der Waals surface area (Å²) in [5.41, 5.74) is 5.57. The van der Waals surface area contributed by atoms with Crippen molar-refractivity contribution in [3.63, 3.8) is 0 Å². The number of hydrogen-bond acceptors (Lipinski definition) is 4. The molecule has 3 N–H and O–H groups in total. The smallest absolute Gasteiger partial charge is 0.240 e. The number of likely N-dealkylation sites (tertiary alicyclic amines) is 1. The number of nitrogens with zero attached hydrogens (tertiary/aromatic N) is 2. The van der Waals surface area contributed by atoms with Crippen molar-refractivity contribution in [2.45, 2.75) is 50.6 Å². The highest BCUT2D eigenvalue weighted by atomic mass is 16.2. The predicted octanol–water partition coefficient (Wildman–Crippen LogP) is -0.0733. The van der Waals surface area contributed by atoms with Gasteiger partial charge in [-0.3, -0.25) is 9.59 Å². The summed E-state index contributed by atoms with van der Waals surface area (Å²) in [7, 11) is 0. The van der Waals surface area contributed by atoms with E-state index in [1.807, 2.05) is 4.90 Å². The van der Waals surface area contributed by atoms with Gasteiger partial charge in [-0.15, -0.1) is 0 Å². The van der Waals surface area contributed by atoms with E-state index in [-0.39, 0.29) is 23.9 Å². The Kier molecular flexibility index (Phi) is 4.98. The monoisotopic (exact) mass is 308 g/mol. The Hall–Kier alpha value is -1.14. The molecule has 0 radical (unpaired) electrons. The number of nitrogens with two attached hydrogens (primary N) is 1. The third-order valence-electron chi connectivity index (χ3n) is 5.56. The number of carbonyl (C=O) groups is 2. The lowest BCUT2D eigenvalue weighted by molar-refractivity contribution is -0.140. The first-order valence-electron chi connectivity index (χ1n) is 8.70. The Bertz CT molecular complexity index is 422. The standard InChI is InChI=1S/C16H28N4O2/c17-16(22)14-11-12-3-1-2-4-13(12)20(14)15(21)5-8-19-9-6-18-7-10-19/h12-14,18H,1-11H2,(H2,17,22). The molecule has 3 aliphatic rings. The maximum atomic E-state index is 12.7. The van der Waals surface area contributed by atoms with Crippen LogP contribution in [0.5, 0.6) is 0 Å². The second-order valence-corrected chi connectivity index (χ2v) is 6.91. The van der Waals surface area contributed by atoms with Crippen LogP contribution in [-0.2, 0) is 9.59 Å². The first-order valence-corrected chi connectivity index (χ1v) is 8.70. The topological polar surface area (TPSA) is 78.7 Å². The SMILES string of the molecule is NC(=O)C1CC2CCCCC2N1C(=O)CCN1CCNCC1. The minimum absolute atomic E-state index is 0.122. The van der Waals surface area contributed by atoms with Crippen LogP contribution in [0.15, 0.2) is 0 Å². The fourth-order valence-electron chi connectivity index (χ4n) is 4.39. The van der Waals surface area contributed by atoms with Gasteiger partial charge in [-0.05, 0) is 25.2 Å². The van der Waals surface area contributed by atoms with Gasteiger partial charge in [-0.1, -0.05) is 12.8 Å². The molecule has 0 bridgehead atoms. The molecule has 124 valence electrons. The van der Waals surface area contributed by atoms with E-state index in [1.54, 1.807) is 0 Å². The fraction of sp³-hybridized carbons (Fsp3) is 0.875. The van der Waals surface area contributed by atoms with Crippen molar-refractivity contribution in [1.29, 1.82) is 0 Å². The molecular formula is C16H28N4O2. The molecule has 6 heteroatoms. The van der Waals surface area contributed by atoms with Crippen molar-refractivity contribution in [2.75, 3.05) is 32.7 Å². The van der Waals surface area contributed by atoms with Gasteiger partial charge in [0.15, 0.2) is 0 Å². The summed E-state index contributed by atoms with van der Waals surface area (Å²) in [5, 5.41) is 3.32. The molecule has 2 saturated heterocycles. The van der Waals surface area contributed by atoms with Gasteiger partial charge >= 0.3 is 0 Å². The fourth-order valence-corrected chi connectivity index (χ4v) is 4.39. The molecule has 2 heterocycles. The molecule has 0 aromatic carbocycles. The summed E-state index contributed by atoms with van der Waals surface area (Å²) in [6.07, 6.45) is 5.83. The molecule has 3 atom stereocenters. The van der Waals surface area contributed by atoms with Gasteiger partial charge in [-0.2, -0.15) is 0 Å². The Morgan fingerprint density at radius 2 is 1.86 bits per heavy atom. The molecular weight excluding hydrogens is 280 g/mol. The molecule has 3 rings (SSSR count). The molecule has 6 nitrogen and oxygen atoms in total. The van der Waals surface area contributed by atoms with Crippen molar-refractivity contribution >= 4 is 11.8 Å². The van der Waals surface area contributed by atoms with E-state index in [9.17, 15) is 9.59 Å². The van der Waals surface area contributed by atoms with E-state index in [0.29, 0.717) is 12.3 Å². The number of hydrogen-bond donors (Lipinski definition) is 2. The molecule has 3 fully saturated rings. The number of fused-ring (bicyclic) bond motifs is 1. The van der Waals surface area contributed by atoms with Gasteiger partial charge in [0, 0.05) is 45.2 Å². The third-order valence-corrected chi connectivity index (χ3v) is 5.56. The van der Waals surface area contributed by atoms with Crippen molar-refractivity contribution in [2.24, 2.45) is 11.7 Å². The highest BCUT2D eigenvalue weighted by Crippen LogP contribution is 2.39. The van der Waals surface area contributed by atoms with Crippen molar-refractivity contribution < 1.29 is 9.59 Å². The van der Waals surface area contributed by atoms with Crippen LogP contribution < -0.4 is 11.1 Å². The minimum atomic E-state index is -0.372. The lowest BCUT2D eigenvalue weighted by Crippen LogP contribution is -2.50. The van der Waals surface area contributed by atoms with E-state index < -0.39 is 0 Å². The van der Waals surface area contributed by atoms with E-state index in [2.05, 4.69) is 10.2 Å². The quantitative estimate of drug-likeness (QED) is 0.762. The summed E-state index contributed by atoms with van der Waals surface area (Å²) >= 11 is 0. The lowest BCUT2D eigenvalue weighted by Gasteiger charge is -2.34. The largest absolute Gasteiger partial charge is 0.368 e. The zero-order valence-electron chi connectivity index (χ0n) is 13.3. The molecule has 1 aliphatic carbocycles. The van der Waals surface area contributed by atoms with Gasteiger partial charge in [0.05, 0.1) is 0 Å². The van der Waals surface area contributed by atoms with Gasteiger partial charge in [0.1, 0.15) is 6.04 Å². The van der Waals surface area contributed by atoms with Gasteiger partial charge in [-0.25, -0.2) is 0 Å². The maximum Gasteiger partial charge on any atom is 0.240 e. The third kappa shape index (κ3) is 3.27. The number of rotatable bonds is 4. The molecule has 22 heavy (non-hydrogen) atoms. The van der Waals surface area contributed by atoms with Crippen LogP contribution in [0.1, 0.15) is 38.5 Å².